The molecule has 1 fully saturated rings. The van der Waals surface area contributed by atoms with Crippen LogP contribution in [0.2, 0.25) is 0 Å². The predicted octanol–water partition coefficient (Wildman–Crippen LogP) is 3.30. The second-order valence-electron chi connectivity index (χ2n) is 7.04. The average Bonchev–Trinajstić information content (AvgIpc) is 2.70. The minimum atomic E-state index is -0.102. The highest BCUT2D eigenvalue weighted by atomic mass is 16.5. The van der Waals surface area contributed by atoms with Crippen LogP contribution in [0.3, 0.4) is 0 Å². The number of nitrogens with zero attached hydrogens (tertiary/aromatic N) is 1. The maximum atomic E-state index is 12.2. The maximum absolute atomic E-state index is 12.2. The van der Waals surface area contributed by atoms with E-state index < -0.39 is 0 Å². The van der Waals surface area contributed by atoms with Crippen LogP contribution < -0.4 is 15.4 Å². The van der Waals surface area contributed by atoms with Gasteiger partial charge in [-0.1, -0.05) is 18.6 Å². The van der Waals surface area contributed by atoms with Crippen molar-refractivity contribution >= 4 is 23.2 Å². The first-order valence-electron chi connectivity index (χ1n) is 9.67. The third-order valence-corrected chi connectivity index (χ3v) is 4.77. The van der Waals surface area contributed by atoms with Crippen molar-refractivity contribution < 1.29 is 14.3 Å². The zero-order valence-electron chi connectivity index (χ0n) is 16.2. The summed E-state index contributed by atoms with van der Waals surface area (Å²) in [6.07, 6.45) is 3.85. The van der Waals surface area contributed by atoms with Crippen molar-refractivity contribution in [3.05, 3.63) is 54.1 Å². The summed E-state index contributed by atoms with van der Waals surface area (Å²) in [7, 11) is 1.60. The number of methoxy groups -OCH3 is 1. The molecule has 1 heterocycles. The number of hydrogen-bond donors (Lipinski definition) is 2. The summed E-state index contributed by atoms with van der Waals surface area (Å²) in [5.41, 5.74) is 2.31. The van der Waals surface area contributed by atoms with Crippen LogP contribution in [0, 0.1) is 0 Å². The Bertz CT molecular complexity index is 799. The Morgan fingerprint density at radius 3 is 2.21 bits per heavy atom. The molecule has 2 aromatic carbocycles. The smallest absolute Gasteiger partial charge is 0.238 e. The molecule has 3 rings (SSSR count). The Kier molecular flexibility index (Phi) is 7.03. The summed E-state index contributed by atoms with van der Waals surface area (Å²) in [5.74, 6) is 0.627. The molecule has 28 heavy (non-hydrogen) atoms. The van der Waals surface area contributed by atoms with Gasteiger partial charge in [0.25, 0.3) is 0 Å². The van der Waals surface area contributed by atoms with E-state index in [9.17, 15) is 9.59 Å². The molecule has 0 saturated carbocycles. The quantitative estimate of drug-likeness (QED) is 0.772. The molecule has 0 aromatic heterocycles. The van der Waals surface area contributed by atoms with Crippen LogP contribution in [0.15, 0.2) is 48.5 Å². The molecule has 0 radical (unpaired) electrons. The molecule has 0 spiro atoms. The van der Waals surface area contributed by atoms with E-state index in [1.54, 1.807) is 31.4 Å². The number of benzene rings is 2. The number of ether oxygens (including phenoxy) is 1. The predicted molar refractivity (Wildman–Crippen MR) is 111 cm³/mol. The molecule has 6 nitrogen and oxygen atoms in total. The van der Waals surface area contributed by atoms with E-state index in [1.165, 1.54) is 6.42 Å². The number of carbonyl (C=O) groups is 2. The molecule has 2 aromatic rings. The maximum Gasteiger partial charge on any atom is 0.238 e. The Morgan fingerprint density at radius 2 is 1.57 bits per heavy atom. The van der Waals surface area contributed by atoms with E-state index in [0.717, 1.165) is 42.9 Å². The van der Waals surface area contributed by atoms with Gasteiger partial charge in [-0.25, -0.2) is 0 Å². The molecular formula is C22H27N3O3. The molecule has 0 unspecified atom stereocenters. The summed E-state index contributed by atoms with van der Waals surface area (Å²) >= 11 is 0. The van der Waals surface area contributed by atoms with Gasteiger partial charge in [-0.3, -0.25) is 14.5 Å². The number of likely N-dealkylation sites (tertiary alicyclic amines) is 1. The van der Waals surface area contributed by atoms with E-state index in [1.807, 2.05) is 24.3 Å². The number of amides is 2. The first-order valence-corrected chi connectivity index (χ1v) is 9.67. The Labute approximate surface area is 165 Å². The van der Waals surface area contributed by atoms with E-state index >= 15 is 0 Å². The lowest BCUT2D eigenvalue weighted by atomic mass is 10.1. The van der Waals surface area contributed by atoms with Crippen molar-refractivity contribution in [3.8, 4) is 5.75 Å². The van der Waals surface area contributed by atoms with E-state index in [0.29, 0.717) is 12.2 Å². The fourth-order valence-electron chi connectivity index (χ4n) is 3.33. The molecule has 6 heteroatoms. The monoisotopic (exact) mass is 381 g/mol. The Hall–Kier alpha value is -2.86. The number of carbonyl (C=O) groups excluding carboxylic acids is 2. The normalized spacial score (nSPS) is 14.3. The molecule has 148 valence electrons. The summed E-state index contributed by atoms with van der Waals surface area (Å²) in [5, 5.41) is 5.79. The first-order chi connectivity index (χ1) is 13.6. The number of nitrogens with one attached hydrogen (secondary N) is 2. The zero-order chi connectivity index (χ0) is 19.8. The number of hydrogen-bond acceptors (Lipinski definition) is 4. The van der Waals surface area contributed by atoms with Crippen molar-refractivity contribution in [1.29, 1.82) is 0 Å². The molecule has 1 aliphatic heterocycles. The molecule has 2 amide bonds. The van der Waals surface area contributed by atoms with Crippen molar-refractivity contribution in [2.75, 3.05) is 37.4 Å². The minimum absolute atomic E-state index is 0.00305. The molecule has 0 bridgehead atoms. The molecule has 2 N–H and O–H groups in total. The van der Waals surface area contributed by atoms with Gasteiger partial charge < -0.3 is 15.4 Å². The van der Waals surface area contributed by atoms with Gasteiger partial charge in [0, 0.05) is 11.4 Å². The summed E-state index contributed by atoms with van der Waals surface area (Å²) in [6, 6.07) is 14.6. The van der Waals surface area contributed by atoms with Crippen LogP contribution in [0.25, 0.3) is 0 Å². The van der Waals surface area contributed by atoms with E-state index in [4.69, 9.17) is 4.74 Å². The van der Waals surface area contributed by atoms with Crippen LogP contribution >= 0.6 is 0 Å². The van der Waals surface area contributed by atoms with Crippen LogP contribution in [0.4, 0.5) is 11.4 Å². The third-order valence-electron chi connectivity index (χ3n) is 4.77. The number of anilines is 2. The summed E-state index contributed by atoms with van der Waals surface area (Å²) in [6.45, 7) is 2.41. The Morgan fingerprint density at radius 1 is 0.929 bits per heavy atom. The topological polar surface area (TPSA) is 70.7 Å². The largest absolute Gasteiger partial charge is 0.497 e. The van der Waals surface area contributed by atoms with Gasteiger partial charge in [-0.2, -0.15) is 0 Å². The fraction of sp³-hybridized carbons (Fsp3) is 0.364. The lowest BCUT2D eigenvalue weighted by molar-refractivity contribution is -0.117. The highest BCUT2D eigenvalue weighted by Gasteiger charge is 2.14. The van der Waals surface area contributed by atoms with Crippen LogP contribution in [-0.4, -0.2) is 43.5 Å². The summed E-state index contributed by atoms with van der Waals surface area (Å²) < 4.78 is 5.18. The zero-order valence-corrected chi connectivity index (χ0v) is 16.2. The third kappa shape index (κ3) is 6.09. The van der Waals surface area contributed by atoms with Crippen LogP contribution in [0.1, 0.15) is 24.8 Å². The van der Waals surface area contributed by atoms with Gasteiger partial charge in [0.15, 0.2) is 0 Å². The lowest BCUT2D eigenvalue weighted by Gasteiger charge is -2.25. The second-order valence-corrected chi connectivity index (χ2v) is 7.04. The molecule has 1 saturated heterocycles. The minimum Gasteiger partial charge on any atom is -0.497 e. The standard InChI is InChI=1S/C22H27N3O3/c1-28-20-7-5-6-17(14-20)15-21(26)23-18-8-10-19(11-9-18)24-22(27)16-25-12-3-2-4-13-25/h5-11,14H,2-4,12-13,15-16H2,1H3,(H,23,26)(H,24,27). The molecule has 0 atom stereocenters. The Balaban J connectivity index is 1.48. The van der Waals surface area contributed by atoms with Crippen molar-refractivity contribution in [3.63, 3.8) is 0 Å². The van der Waals surface area contributed by atoms with Crippen molar-refractivity contribution in [2.24, 2.45) is 0 Å². The van der Waals surface area contributed by atoms with Gasteiger partial charge >= 0.3 is 0 Å². The van der Waals surface area contributed by atoms with E-state index in [-0.39, 0.29) is 18.2 Å². The van der Waals surface area contributed by atoms with Gasteiger partial charge in [0.2, 0.25) is 11.8 Å². The SMILES string of the molecule is COc1cccc(CC(=O)Nc2ccc(NC(=O)CN3CCCCC3)cc2)c1. The summed E-state index contributed by atoms with van der Waals surface area (Å²) in [4.78, 5) is 26.6. The van der Waals surface area contributed by atoms with Crippen LogP contribution in [-0.2, 0) is 16.0 Å². The van der Waals surface area contributed by atoms with Gasteiger partial charge in [0.1, 0.15) is 5.75 Å². The highest BCUT2D eigenvalue weighted by Crippen LogP contribution is 2.16. The van der Waals surface area contributed by atoms with E-state index in [2.05, 4.69) is 15.5 Å². The molecular weight excluding hydrogens is 354 g/mol. The van der Waals surface area contributed by atoms with Crippen LogP contribution in [0.5, 0.6) is 5.75 Å². The average molecular weight is 381 g/mol. The molecule has 0 aliphatic carbocycles. The van der Waals surface area contributed by atoms with Gasteiger partial charge in [-0.15, -0.1) is 0 Å². The van der Waals surface area contributed by atoms with Gasteiger partial charge in [0.05, 0.1) is 20.1 Å². The van der Waals surface area contributed by atoms with Gasteiger partial charge in [-0.05, 0) is 67.9 Å². The lowest BCUT2D eigenvalue weighted by Crippen LogP contribution is -2.36. The van der Waals surface area contributed by atoms with Crippen molar-refractivity contribution in [2.45, 2.75) is 25.7 Å². The second kappa shape index (κ2) is 9.90. The highest BCUT2D eigenvalue weighted by molar-refractivity contribution is 5.94. The molecule has 1 aliphatic rings. The fourth-order valence-corrected chi connectivity index (χ4v) is 3.33. The van der Waals surface area contributed by atoms with Crippen molar-refractivity contribution in [1.82, 2.24) is 4.90 Å². The first kappa shape index (κ1) is 19.9. The number of rotatable bonds is 7. The number of piperidine rings is 1.